The molecule has 0 fully saturated rings. The summed E-state index contributed by atoms with van der Waals surface area (Å²) in [6, 6.07) is 16.7. The molecule has 2 heterocycles. The van der Waals surface area contributed by atoms with Crippen LogP contribution in [0.4, 0.5) is 14.5 Å². The third-order valence-electron chi connectivity index (χ3n) is 5.53. The van der Waals surface area contributed by atoms with Crippen molar-refractivity contribution in [2.75, 3.05) is 5.32 Å². The minimum Gasteiger partial charge on any atom is -0.322 e. The molecule has 0 bridgehead atoms. The Morgan fingerprint density at radius 2 is 1.76 bits per heavy atom. The molecular formula is C25H18F2N4O2. The summed E-state index contributed by atoms with van der Waals surface area (Å²) >= 11 is 0. The summed E-state index contributed by atoms with van der Waals surface area (Å²) in [5, 5.41) is 7.02. The van der Waals surface area contributed by atoms with E-state index in [1.807, 2.05) is 0 Å². The minimum atomic E-state index is -0.406. The second-order valence-electron chi connectivity index (χ2n) is 7.77. The molecule has 5 rings (SSSR count). The predicted molar refractivity (Wildman–Crippen MR) is 122 cm³/mol. The van der Waals surface area contributed by atoms with E-state index in [1.165, 1.54) is 45.6 Å². The Morgan fingerprint density at radius 1 is 0.939 bits per heavy atom. The van der Waals surface area contributed by atoms with E-state index >= 15 is 0 Å². The number of hydrogen-bond acceptors (Lipinski definition) is 3. The van der Waals surface area contributed by atoms with Gasteiger partial charge in [-0.3, -0.25) is 9.59 Å². The summed E-state index contributed by atoms with van der Waals surface area (Å²) in [6.45, 7) is 1.82. The SMILES string of the molecule is Cc1cc(F)ccc1NC(=O)c1ccc2c(c1)n(Cc1cccc(F)c1)c(=O)c1ccnn12. The van der Waals surface area contributed by atoms with Gasteiger partial charge in [0.25, 0.3) is 11.5 Å². The van der Waals surface area contributed by atoms with Crippen LogP contribution in [0.15, 0.2) is 77.7 Å². The molecule has 0 aliphatic rings. The largest absolute Gasteiger partial charge is 0.322 e. The molecule has 0 saturated carbocycles. The van der Waals surface area contributed by atoms with Gasteiger partial charge in [0, 0.05) is 11.3 Å². The van der Waals surface area contributed by atoms with Crippen LogP contribution in [0.1, 0.15) is 21.5 Å². The van der Waals surface area contributed by atoms with Crippen LogP contribution in [0, 0.1) is 18.6 Å². The van der Waals surface area contributed by atoms with Crippen molar-refractivity contribution < 1.29 is 13.6 Å². The van der Waals surface area contributed by atoms with Crippen molar-refractivity contribution in [3.8, 4) is 0 Å². The van der Waals surface area contributed by atoms with Crippen molar-refractivity contribution in [2.24, 2.45) is 0 Å². The highest BCUT2D eigenvalue weighted by Gasteiger charge is 2.16. The lowest BCUT2D eigenvalue weighted by Crippen LogP contribution is -2.24. The molecule has 0 unspecified atom stereocenters. The fraction of sp³-hybridized carbons (Fsp3) is 0.0800. The van der Waals surface area contributed by atoms with E-state index in [9.17, 15) is 18.4 Å². The molecule has 1 N–H and O–H groups in total. The van der Waals surface area contributed by atoms with Crippen molar-refractivity contribution in [3.05, 3.63) is 112 Å². The summed E-state index contributed by atoms with van der Waals surface area (Å²) in [6.07, 6.45) is 1.53. The van der Waals surface area contributed by atoms with Gasteiger partial charge in [-0.2, -0.15) is 5.10 Å². The lowest BCUT2D eigenvalue weighted by molar-refractivity contribution is 0.102. The van der Waals surface area contributed by atoms with Gasteiger partial charge in [-0.25, -0.2) is 13.3 Å². The Balaban J connectivity index is 1.63. The molecular weight excluding hydrogens is 426 g/mol. The first kappa shape index (κ1) is 20.6. The van der Waals surface area contributed by atoms with Gasteiger partial charge in [-0.1, -0.05) is 12.1 Å². The average Bonchev–Trinajstić information content (AvgIpc) is 3.28. The fourth-order valence-corrected chi connectivity index (χ4v) is 3.90. The van der Waals surface area contributed by atoms with Crippen LogP contribution in [-0.4, -0.2) is 20.1 Å². The summed E-state index contributed by atoms with van der Waals surface area (Å²) in [5.41, 5.74) is 3.16. The lowest BCUT2D eigenvalue weighted by atomic mass is 10.1. The van der Waals surface area contributed by atoms with E-state index in [0.717, 1.165) is 0 Å². The second-order valence-corrected chi connectivity index (χ2v) is 7.77. The van der Waals surface area contributed by atoms with Crippen molar-refractivity contribution in [1.82, 2.24) is 14.2 Å². The number of fused-ring (bicyclic) bond motifs is 3. The van der Waals surface area contributed by atoms with Gasteiger partial charge >= 0.3 is 0 Å². The van der Waals surface area contributed by atoms with Crippen LogP contribution in [-0.2, 0) is 6.54 Å². The standard InChI is InChI=1S/C25H18F2N4O2/c1-15-11-19(27)6-7-20(15)29-24(32)17-5-8-21-23(13-17)30(14-16-3-2-4-18(26)12-16)25(33)22-9-10-28-31(21)22/h2-13H,14H2,1H3,(H,29,32). The monoisotopic (exact) mass is 444 g/mol. The number of rotatable bonds is 4. The van der Waals surface area contributed by atoms with E-state index in [-0.39, 0.29) is 17.9 Å². The molecule has 0 aliphatic carbocycles. The van der Waals surface area contributed by atoms with Crippen molar-refractivity contribution >= 4 is 28.1 Å². The van der Waals surface area contributed by atoms with Crippen LogP contribution < -0.4 is 10.9 Å². The number of nitrogens with zero attached hydrogens (tertiary/aromatic N) is 3. The number of carbonyl (C=O) groups is 1. The number of aryl methyl sites for hydroxylation is 1. The smallest absolute Gasteiger partial charge is 0.277 e. The topological polar surface area (TPSA) is 68.4 Å². The van der Waals surface area contributed by atoms with Gasteiger partial charge in [0.1, 0.15) is 17.2 Å². The van der Waals surface area contributed by atoms with E-state index in [0.29, 0.717) is 38.9 Å². The third-order valence-corrected chi connectivity index (χ3v) is 5.53. The van der Waals surface area contributed by atoms with Crippen LogP contribution in [0.5, 0.6) is 0 Å². The van der Waals surface area contributed by atoms with E-state index in [1.54, 1.807) is 43.3 Å². The first-order valence-electron chi connectivity index (χ1n) is 10.2. The third kappa shape index (κ3) is 3.76. The highest BCUT2D eigenvalue weighted by Crippen LogP contribution is 2.21. The molecule has 0 aliphatic heterocycles. The van der Waals surface area contributed by atoms with Crippen molar-refractivity contribution in [2.45, 2.75) is 13.5 Å². The van der Waals surface area contributed by atoms with Crippen LogP contribution >= 0.6 is 0 Å². The second kappa shape index (κ2) is 7.98. The Hall–Kier alpha value is -4.33. The zero-order valence-corrected chi connectivity index (χ0v) is 17.5. The zero-order chi connectivity index (χ0) is 23.1. The predicted octanol–water partition coefficient (Wildman–Crippen LogP) is 4.54. The van der Waals surface area contributed by atoms with Gasteiger partial charge in [-0.05, 0) is 72.6 Å². The zero-order valence-electron chi connectivity index (χ0n) is 17.5. The molecule has 6 nitrogen and oxygen atoms in total. The summed E-state index contributed by atoms with van der Waals surface area (Å²) in [4.78, 5) is 26.2. The van der Waals surface area contributed by atoms with E-state index in [2.05, 4.69) is 10.4 Å². The summed E-state index contributed by atoms with van der Waals surface area (Å²) in [7, 11) is 0. The average molecular weight is 444 g/mol. The summed E-state index contributed by atoms with van der Waals surface area (Å²) in [5.74, 6) is -1.19. The van der Waals surface area contributed by atoms with Crippen LogP contribution in [0.3, 0.4) is 0 Å². The molecule has 2 aromatic heterocycles. The highest BCUT2D eigenvalue weighted by atomic mass is 19.1. The number of nitrogens with one attached hydrogen (secondary N) is 1. The number of amides is 1. The van der Waals surface area contributed by atoms with E-state index in [4.69, 9.17) is 0 Å². The summed E-state index contributed by atoms with van der Waals surface area (Å²) < 4.78 is 30.2. The molecule has 0 atom stereocenters. The molecule has 0 radical (unpaired) electrons. The van der Waals surface area contributed by atoms with Gasteiger partial charge in [0.05, 0.1) is 23.8 Å². The minimum absolute atomic E-state index is 0.122. The molecule has 5 aromatic rings. The van der Waals surface area contributed by atoms with Gasteiger partial charge in [0.2, 0.25) is 0 Å². The van der Waals surface area contributed by atoms with Gasteiger partial charge in [-0.15, -0.1) is 0 Å². The first-order valence-corrected chi connectivity index (χ1v) is 10.2. The highest BCUT2D eigenvalue weighted by molar-refractivity contribution is 6.06. The quantitative estimate of drug-likeness (QED) is 0.443. The van der Waals surface area contributed by atoms with Crippen molar-refractivity contribution in [1.29, 1.82) is 0 Å². The molecule has 33 heavy (non-hydrogen) atoms. The van der Waals surface area contributed by atoms with Gasteiger partial charge in [0.15, 0.2) is 0 Å². The Kier molecular flexibility index (Phi) is 4.97. The molecule has 3 aromatic carbocycles. The lowest BCUT2D eigenvalue weighted by Gasteiger charge is -2.14. The van der Waals surface area contributed by atoms with Crippen LogP contribution in [0.25, 0.3) is 16.6 Å². The maximum Gasteiger partial charge on any atom is 0.277 e. The number of anilines is 1. The molecule has 164 valence electrons. The molecule has 0 spiro atoms. The van der Waals surface area contributed by atoms with E-state index < -0.39 is 11.7 Å². The Labute approximate surface area is 186 Å². The van der Waals surface area contributed by atoms with Crippen molar-refractivity contribution in [3.63, 3.8) is 0 Å². The Bertz CT molecular complexity index is 1600. The maximum absolute atomic E-state index is 13.7. The first-order chi connectivity index (χ1) is 15.9. The number of carbonyl (C=O) groups excluding carboxylic acids is 1. The molecule has 8 heteroatoms. The molecule has 0 saturated heterocycles. The Morgan fingerprint density at radius 3 is 2.55 bits per heavy atom. The molecule has 1 amide bonds. The van der Waals surface area contributed by atoms with Crippen LogP contribution in [0.2, 0.25) is 0 Å². The fourth-order valence-electron chi connectivity index (χ4n) is 3.90. The van der Waals surface area contributed by atoms with Gasteiger partial charge < -0.3 is 9.88 Å². The normalized spacial score (nSPS) is 11.2. The number of halogens is 2. The number of benzene rings is 3. The maximum atomic E-state index is 13.7. The number of hydrogen-bond donors (Lipinski definition) is 1. The number of aromatic nitrogens is 3.